The monoisotopic (exact) mass is 188 g/mol. The second kappa shape index (κ2) is 2.47. The first kappa shape index (κ1) is 7.79. The number of rotatable bonds is 0. The van der Waals surface area contributed by atoms with Crippen molar-refractivity contribution in [2.45, 2.75) is 20.3 Å². The van der Waals surface area contributed by atoms with Crippen molar-refractivity contribution in [3.05, 3.63) is 23.0 Å². The summed E-state index contributed by atoms with van der Waals surface area (Å²) in [6.45, 7) is 5.07. The van der Waals surface area contributed by atoms with Crippen molar-refractivity contribution in [2.24, 2.45) is 0 Å². The first-order chi connectivity index (χ1) is 6.77. The first-order valence-electron chi connectivity index (χ1n) is 4.85. The minimum Gasteiger partial charge on any atom is -0.369 e. The summed E-state index contributed by atoms with van der Waals surface area (Å²) in [6, 6.07) is 0. The Morgan fingerprint density at radius 2 is 2.29 bits per heavy atom. The summed E-state index contributed by atoms with van der Waals surface area (Å²) in [4.78, 5) is 4.43. The number of aryl methyl sites for hydroxylation is 2. The van der Waals surface area contributed by atoms with Crippen LogP contribution in [-0.4, -0.2) is 21.1 Å². The van der Waals surface area contributed by atoms with E-state index in [0.29, 0.717) is 0 Å². The van der Waals surface area contributed by atoms with Gasteiger partial charge in [-0.25, -0.2) is 4.98 Å². The second-order valence-corrected chi connectivity index (χ2v) is 3.75. The molecular formula is C10H12N4. The van der Waals surface area contributed by atoms with E-state index in [1.165, 1.54) is 11.1 Å². The molecular weight excluding hydrogens is 176 g/mol. The van der Waals surface area contributed by atoms with Crippen LogP contribution in [0.2, 0.25) is 0 Å². The molecule has 0 saturated carbocycles. The van der Waals surface area contributed by atoms with Gasteiger partial charge in [0, 0.05) is 23.9 Å². The molecule has 0 fully saturated rings. The zero-order chi connectivity index (χ0) is 9.71. The highest BCUT2D eigenvalue weighted by Gasteiger charge is 2.17. The third kappa shape index (κ3) is 0.828. The molecule has 4 heteroatoms. The molecule has 0 radical (unpaired) electrons. The minimum absolute atomic E-state index is 0.968. The molecule has 1 aliphatic heterocycles. The fourth-order valence-electron chi connectivity index (χ4n) is 1.92. The molecule has 0 aliphatic carbocycles. The number of nitrogens with one attached hydrogen (secondary N) is 1. The van der Waals surface area contributed by atoms with Gasteiger partial charge in [0.25, 0.3) is 0 Å². The van der Waals surface area contributed by atoms with Crippen LogP contribution in [0.1, 0.15) is 16.8 Å². The Morgan fingerprint density at radius 3 is 3.14 bits per heavy atom. The van der Waals surface area contributed by atoms with E-state index in [0.717, 1.165) is 30.1 Å². The Bertz CT molecular complexity index is 512. The second-order valence-electron chi connectivity index (χ2n) is 3.75. The Balaban J connectivity index is 2.44. The minimum atomic E-state index is 0.968. The van der Waals surface area contributed by atoms with E-state index < -0.39 is 0 Å². The highest BCUT2D eigenvalue weighted by molar-refractivity contribution is 5.59. The molecule has 0 unspecified atom stereocenters. The van der Waals surface area contributed by atoms with Gasteiger partial charge in [-0.2, -0.15) is 9.61 Å². The fraction of sp³-hybridized carbons (Fsp3) is 0.400. The van der Waals surface area contributed by atoms with Gasteiger partial charge in [0.05, 0.1) is 5.69 Å². The van der Waals surface area contributed by atoms with Gasteiger partial charge >= 0.3 is 0 Å². The molecule has 1 aliphatic rings. The smallest absolute Gasteiger partial charge is 0.160 e. The lowest BCUT2D eigenvalue weighted by Crippen LogP contribution is -2.00. The van der Waals surface area contributed by atoms with Crippen LogP contribution in [-0.2, 0) is 6.42 Å². The molecule has 0 amide bonds. The summed E-state index contributed by atoms with van der Waals surface area (Å²) < 4.78 is 1.92. The molecule has 4 nitrogen and oxygen atoms in total. The molecule has 3 heterocycles. The van der Waals surface area contributed by atoms with Crippen molar-refractivity contribution in [3.63, 3.8) is 0 Å². The van der Waals surface area contributed by atoms with Crippen LogP contribution in [0.15, 0.2) is 6.20 Å². The maximum atomic E-state index is 4.48. The largest absolute Gasteiger partial charge is 0.369 e. The predicted octanol–water partition coefficient (Wildman–Crippen LogP) is 1.31. The highest BCUT2D eigenvalue weighted by atomic mass is 15.3. The molecule has 3 rings (SSSR count). The molecule has 0 saturated heterocycles. The molecule has 0 spiro atoms. The van der Waals surface area contributed by atoms with Crippen LogP contribution in [0.3, 0.4) is 0 Å². The summed E-state index contributed by atoms with van der Waals surface area (Å²) in [6.07, 6.45) is 3.01. The predicted molar refractivity (Wildman–Crippen MR) is 54.7 cm³/mol. The van der Waals surface area contributed by atoms with Gasteiger partial charge in [-0.05, 0) is 20.3 Å². The summed E-state index contributed by atoms with van der Waals surface area (Å²) >= 11 is 0. The number of anilines is 1. The lowest BCUT2D eigenvalue weighted by molar-refractivity contribution is 0.922. The molecule has 1 N–H and O–H groups in total. The van der Waals surface area contributed by atoms with Crippen LogP contribution in [0, 0.1) is 13.8 Å². The lowest BCUT2D eigenvalue weighted by atomic mass is 10.2. The van der Waals surface area contributed by atoms with Gasteiger partial charge in [0.1, 0.15) is 5.82 Å². The molecule has 0 bridgehead atoms. The standard InChI is InChI=1S/C10H12N4/c1-6-7(2)13-14-9(6)12-5-8-3-4-11-10(8)14/h5,11H,3-4H2,1-2H3. The zero-order valence-electron chi connectivity index (χ0n) is 8.33. The summed E-state index contributed by atoms with van der Waals surface area (Å²) in [5.74, 6) is 1.12. The number of nitrogens with zero attached hydrogens (tertiary/aromatic N) is 3. The van der Waals surface area contributed by atoms with Crippen molar-refractivity contribution in [1.82, 2.24) is 14.6 Å². The van der Waals surface area contributed by atoms with Crippen molar-refractivity contribution < 1.29 is 0 Å². The van der Waals surface area contributed by atoms with Gasteiger partial charge in [-0.15, -0.1) is 0 Å². The van der Waals surface area contributed by atoms with E-state index in [-0.39, 0.29) is 0 Å². The van der Waals surface area contributed by atoms with Crippen molar-refractivity contribution in [1.29, 1.82) is 0 Å². The highest BCUT2D eigenvalue weighted by Crippen LogP contribution is 2.23. The molecule has 72 valence electrons. The van der Waals surface area contributed by atoms with Crippen molar-refractivity contribution >= 4 is 11.5 Å². The van der Waals surface area contributed by atoms with Crippen LogP contribution in [0.4, 0.5) is 5.82 Å². The van der Waals surface area contributed by atoms with Gasteiger partial charge in [-0.1, -0.05) is 0 Å². The number of hydrogen-bond acceptors (Lipinski definition) is 3. The van der Waals surface area contributed by atoms with E-state index >= 15 is 0 Å². The topological polar surface area (TPSA) is 42.2 Å². The maximum Gasteiger partial charge on any atom is 0.160 e. The van der Waals surface area contributed by atoms with Gasteiger partial charge in [0.15, 0.2) is 5.65 Å². The number of aromatic nitrogens is 3. The van der Waals surface area contributed by atoms with Crippen LogP contribution >= 0.6 is 0 Å². The van der Waals surface area contributed by atoms with E-state index in [4.69, 9.17) is 0 Å². The normalized spacial score (nSPS) is 14.4. The zero-order valence-corrected chi connectivity index (χ0v) is 8.33. The van der Waals surface area contributed by atoms with E-state index in [1.807, 2.05) is 17.6 Å². The Kier molecular flexibility index (Phi) is 1.37. The molecule has 0 aromatic carbocycles. The van der Waals surface area contributed by atoms with Gasteiger partial charge in [0.2, 0.25) is 0 Å². The Labute approximate surface area is 82.0 Å². The van der Waals surface area contributed by atoms with E-state index in [9.17, 15) is 0 Å². The average Bonchev–Trinajstić information content (AvgIpc) is 2.73. The summed E-state index contributed by atoms with van der Waals surface area (Å²) in [7, 11) is 0. The third-order valence-corrected chi connectivity index (χ3v) is 2.87. The van der Waals surface area contributed by atoms with E-state index in [2.05, 4.69) is 22.3 Å². The van der Waals surface area contributed by atoms with Gasteiger partial charge in [-0.3, -0.25) is 0 Å². The number of fused-ring (bicyclic) bond motifs is 3. The fourth-order valence-corrected chi connectivity index (χ4v) is 1.92. The first-order valence-corrected chi connectivity index (χ1v) is 4.85. The quantitative estimate of drug-likeness (QED) is 0.678. The third-order valence-electron chi connectivity index (χ3n) is 2.87. The summed E-state index contributed by atoms with van der Waals surface area (Å²) in [5, 5.41) is 7.82. The molecule has 2 aromatic rings. The van der Waals surface area contributed by atoms with Crippen LogP contribution in [0.5, 0.6) is 0 Å². The SMILES string of the molecule is Cc1nn2c3c(cnc2c1C)CCN3. The van der Waals surface area contributed by atoms with Gasteiger partial charge < -0.3 is 5.32 Å². The number of hydrogen-bond donors (Lipinski definition) is 1. The lowest BCUT2D eigenvalue weighted by Gasteiger charge is -2.01. The maximum absolute atomic E-state index is 4.48. The Hall–Kier alpha value is -1.58. The summed E-state index contributed by atoms with van der Waals surface area (Å²) in [5.41, 5.74) is 4.46. The average molecular weight is 188 g/mol. The van der Waals surface area contributed by atoms with Crippen LogP contribution in [0.25, 0.3) is 5.65 Å². The van der Waals surface area contributed by atoms with Crippen molar-refractivity contribution in [3.8, 4) is 0 Å². The van der Waals surface area contributed by atoms with E-state index in [1.54, 1.807) is 0 Å². The molecule has 14 heavy (non-hydrogen) atoms. The van der Waals surface area contributed by atoms with Crippen molar-refractivity contribution in [2.75, 3.05) is 11.9 Å². The molecule has 0 atom stereocenters. The van der Waals surface area contributed by atoms with Crippen LogP contribution < -0.4 is 5.32 Å². The Morgan fingerprint density at radius 1 is 1.43 bits per heavy atom. The molecule has 2 aromatic heterocycles.